The zero-order chi connectivity index (χ0) is 30.2. The first-order valence-corrected chi connectivity index (χ1v) is 14.3. The van der Waals surface area contributed by atoms with E-state index in [0.717, 1.165) is 31.5 Å². The van der Waals surface area contributed by atoms with Crippen molar-refractivity contribution in [2.24, 2.45) is 0 Å². The van der Waals surface area contributed by atoms with Crippen LogP contribution in [0.5, 0.6) is 17.2 Å². The van der Waals surface area contributed by atoms with Gasteiger partial charge in [-0.1, -0.05) is 12.1 Å². The highest BCUT2D eigenvalue weighted by Gasteiger charge is 2.24. The van der Waals surface area contributed by atoms with Crippen LogP contribution in [0.4, 0.5) is 14.6 Å². The lowest BCUT2D eigenvalue weighted by Crippen LogP contribution is -2.41. The molecule has 0 unspecified atom stereocenters. The van der Waals surface area contributed by atoms with E-state index < -0.39 is 11.6 Å². The molecule has 0 bridgehead atoms. The quantitative estimate of drug-likeness (QED) is 0.195. The van der Waals surface area contributed by atoms with Crippen LogP contribution < -0.4 is 15.2 Å². The summed E-state index contributed by atoms with van der Waals surface area (Å²) in [5, 5.41) is 5.02. The summed E-state index contributed by atoms with van der Waals surface area (Å²) in [5.74, 6) is -0.426. The van der Waals surface area contributed by atoms with Gasteiger partial charge in [0.05, 0.1) is 23.1 Å². The van der Waals surface area contributed by atoms with Gasteiger partial charge in [-0.2, -0.15) is 5.10 Å². The molecular weight excluding hydrogens is 552 g/mol. The largest absolute Gasteiger partial charge is 0.487 e. The molecule has 8 nitrogen and oxygen atoms in total. The van der Waals surface area contributed by atoms with Crippen LogP contribution in [0.1, 0.15) is 48.3 Å². The molecule has 3 heterocycles. The predicted molar refractivity (Wildman–Crippen MR) is 161 cm³/mol. The lowest BCUT2D eigenvalue weighted by Gasteiger charge is -2.34. The Hall–Kier alpha value is -4.70. The Labute approximate surface area is 248 Å². The highest BCUT2D eigenvalue weighted by Crippen LogP contribution is 2.31. The number of nitrogens with two attached hydrogens (primary N) is 1. The zero-order valence-electron chi connectivity index (χ0n) is 24.2. The molecule has 1 aliphatic rings. The first kappa shape index (κ1) is 28.4. The van der Waals surface area contributed by atoms with Crippen molar-refractivity contribution < 1.29 is 23.0 Å². The minimum Gasteiger partial charge on any atom is -0.487 e. The molecule has 43 heavy (non-hydrogen) atoms. The summed E-state index contributed by atoms with van der Waals surface area (Å²) in [6.45, 7) is 8.00. The third-order valence-corrected chi connectivity index (χ3v) is 7.93. The molecular formula is C33H33F2N5O3. The van der Waals surface area contributed by atoms with Gasteiger partial charge in [0.15, 0.2) is 23.1 Å². The van der Waals surface area contributed by atoms with Crippen LogP contribution in [0.25, 0.3) is 16.6 Å². The van der Waals surface area contributed by atoms with Crippen LogP contribution >= 0.6 is 0 Å². The molecule has 10 heteroatoms. The number of halogens is 2. The van der Waals surface area contributed by atoms with Crippen molar-refractivity contribution in [3.05, 3.63) is 95.3 Å². The van der Waals surface area contributed by atoms with E-state index in [1.54, 1.807) is 48.5 Å². The summed E-state index contributed by atoms with van der Waals surface area (Å²) in [6.07, 6.45) is 3.01. The Morgan fingerprint density at radius 3 is 2.51 bits per heavy atom. The van der Waals surface area contributed by atoms with Gasteiger partial charge in [0, 0.05) is 36.1 Å². The number of aryl methyl sites for hydroxylation is 1. The number of anilines is 1. The first-order valence-electron chi connectivity index (χ1n) is 14.3. The SMILES string of the molecule is Cc1cc(Oc2ccccc2F)ccc1-n1ncc(C(=O)c2cc3cc(OC4CCN(C(C)C)CC4)c(F)cc3[nH]2)c1N. The van der Waals surface area contributed by atoms with E-state index in [-0.39, 0.29) is 40.5 Å². The van der Waals surface area contributed by atoms with Gasteiger partial charge in [-0.25, -0.2) is 13.5 Å². The van der Waals surface area contributed by atoms with Crippen molar-refractivity contribution in [1.82, 2.24) is 19.7 Å². The number of carbonyl (C=O) groups is 1. The smallest absolute Gasteiger partial charge is 0.214 e. The monoisotopic (exact) mass is 585 g/mol. The van der Waals surface area contributed by atoms with Crippen molar-refractivity contribution in [1.29, 1.82) is 0 Å². The number of likely N-dealkylation sites (tertiary alicyclic amines) is 1. The number of nitrogens with zero attached hydrogens (tertiary/aromatic N) is 3. The molecule has 222 valence electrons. The van der Waals surface area contributed by atoms with Crippen LogP contribution in [-0.4, -0.2) is 50.7 Å². The Bertz CT molecular complexity index is 1800. The number of aromatic amines is 1. The highest BCUT2D eigenvalue weighted by molar-refractivity contribution is 6.12. The minimum absolute atomic E-state index is 0.0591. The van der Waals surface area contributed by atoms with Crippen molar-refractivity contribution in [2.75, 3.05) is 18.8 Å². The third kappa shape index (κ3) is 5.70. The fourth-order valence-electron chi connectivity index (χ4n) is 5.49. The van der Waals surface area contributed by atoms with E-state index in [9.17, 15) is 13.6 Å². The fourth-order valence-corrected chi connectivity index (χ4v) is 5.49. The molecule has 0 amide bonds. The highest BCUT2D eigenvalue weighted by atomic mass is 19.1. The van der Waals surface area contributed by atoms with Crippen LogP contribution in [-0.2, 0) is 0 Å². The van der Waals surface area contributed by atoms with E-state index in [2.05, 4.69) is 28.8 Å². The molecule has 1 fully saturated rings. The van der Waals surface area contributed by atoms with Crippen molar-refractivity contribution in [3.8, 4) is 22.9 Å². The van der Waals surface area contributed by atoms with Gasteiger partial charge in [-0.3, -0.25) is 4.79 Å². The molecule has 2 aromatic heterocycles. The molecule has 0 atom stereocenters. The number of rotatable bonds is 8. The van der Waals surface area contributed by atoms with Crippen LogP contribution in [0.15, 0.2) is 66.9 Å². The molecule has 5 aromatic rings. The number of fused-ring (bicyclic) bond motifs is 1. The van der Waals surface area contributed by atoms with Crippen molar-refractivity contribution in [3.63, 3.8) is 0 Å². The summed E-state index contributed by atoms with van der Waals surface area (Å²) >= 11 is 0. The van der Waals surface area contributed by atoms with E-state index in [4.69, 9.17) is 15.2 Å². The topological polar surface area (TPSA) is 98.4 Å². The fraction of sp³-hybridized carbons (Fsp3) is 0.273. The average molecular weight is 586 g/mol. The van der Waals surface area contributed by atoms with Gasteiger partial charge in [0.2, 0.25) is 5.78 Å². The number of nitrogens with one attached hydrogen (secondary N) is 1. The number of ether oxygens (including phenoxy) is 2. The standard InChI is InChI=1S/C33H33F2N5O3/c1-19(2)39-12-10-22(11-13-39)42-31-16-21-15-28(38-27(21)17-26(31)35)32(41)24-18-37-40(33(24)36)29-9-8-23(14-20(29)3)43-30-7-5-4-6-25(30)34/h4-9,14-19,22,38H,10-13,36H2,1-3H3. The number of para-hydroxylation sites is 1. The van der Waals surface area contributed by atoms with E-state index in [1.807, 2.05) is 6.92 Å². The predicted octanol–water partition coefficient (Wildman–Crippen LogP) is 6.80. The lowest BCUT2D eigenvalue weighted by atomic mass is 10.1. The number of ketones is 1. The second-order valence-electron chi connectivity index (χ2n) is 11.2. The number of nitrogen functional groups attached to an aromatic ring is 1. The number of benzene rings is 3. The van der Waals surface area contributed by atoms with Gasteiger partial charge in [0.1, 0.15) is 17.7 Å². The summed E-state index contributed by atoms with van der Waals surface area (Å²) in [5.41, 5.74) is 8.73. The number of piperidine rings is 1. The molecule has 0 saturated carbocycles. The Morgan fingerprint density at radius 2 is 1.79 bits per heavy atom. The maximum absolute atomic E-state index is 15.0. The van der Waals surface area contributed by atoms with Crippen LogP contribution in [0, 0.1) is 18.6 Å². The number of hydrogen-bond donors (Lipinski definition) is 2. The van der Waals surface area contributed by atoms with Gasteiger partial charge < -0.3 is 25.1 Å². The Morgan fingerprint density at radius 1 is 1.02 bits per heavy atom. The van der Waals surface area contributed by atoms with Gasteiger partial charge in [-0.15, -0.1) is 0 Å². The number of hydrogen-bond acceptors (Lipinski definition) is 6. The summed E-state index contributed by atoms with van der Waals surface area (Å²) < 4.78 is 42.2. The van der Waals surface area contributed by atoms with Crippen LogP contribution in [0.3, 0.4) is 0 Å². The molecule has 0 spiro atoms. The van der Waals surface area contributed by atoms with Crippen LogP contribution in [0.2, 0.25) is 0 Å². The molecule has 1 saturated heterocycles. The Balaban J connectivity index is 1.20. The summed E-state index contributed by atoms with van der Waals surface area (Å²) in [4.78, 5) is 18.9. The van der Waals surface area contributed by atoms with Crippen molar-refractivity contribution >= 4 is 22.5 Å². The van der Waals surface area contributed by atoms with Gasteiger partial charge >= 0.3 is 0 Å². The maximum atomic E-state index is 15.0. The summed E-state index contributed by atoms with van der Waals surface area (Å²) in [6, 6.07) is 16.4. The van der Waals surface area contributed by atoms with E-state index >= 15 is 0 Å². The molecule has 3 aromatic carbocycles. The molecule has 6 rings (SSSR count). The minimum atomic E-state index is -0.482. The summed E-state index contributed by atoms with van der Waals surface area (Å²) in [7, 11) is 0. The molecule has 1 aliphatic heterocycles. The molecule has 0 aliphatic carbocycles. The maximum Gasteiger partial charge on any atom is 0.214 e. The number of carbonyl (C=O) groups excluding carboxylic acids is 1. The lowest BCUT2D eigenvalue weighted by molar-refractivity contribution is 0.0817. The third-order valence-electron chi connectivity index (χ3n) is 7.93. The average Bonchev–Trinajstić information content (AvgIpc) is 3.57. The van der Waals surface area contributed by atoms with E-state index in [0.29, 0.717) is 28.4 Å². The van der Waals surface area contributed by atoms with Crippen molar-refractivity contribution in [2.45, 2.75) is 45.8 Å². The second-order valence-corrected chi connectivity index (χ2v) is 11.2. The van der Waals surface area contributed by atoms with Gasteiger partial charge in [0.25, 0.3) is 0 Å². The first-order chi connectivity index (χ1) is 20.7. The second kappa shape index (κ2) is 11.5. The molecule has 3 N–H and O–H groups in total. The number of H-pyrrole nitrogens is 1. The number of aromatic nitrogens is 3. The van der Waals surface area contributed by atoms with Gasteiger partial charge in [-0.05, 0) is 81.6 Å². The zero-order valence-corrected chi connectivity index (χ0v) is 24.2. The molecule has 0 radical (unpaired) electrons. The Kier molecular flexibility index (Phi) is 7.62. The van der Waals surface area contributed by atoms with E-state index in [1.165, 1.54) is 23.0 Å². The normalized spacial score (nSPS) is 14.5.